The Balaban J connectivity index is 2.40. The summed E-state index contributed by atoms with van der Waals surface area (Å²) >= 11 is 1.41. The van der Waals surface area contributed by atoms with Crippen molar-refractivity contribution in [3.8, 4) is 0 Å². The van der Waals surface area contributed by atoms with Gasteiger partial charge in [0.15, 0.2) is 0 Å². The molecule has 1 heterocycles. The predicted octanol–water partition coefficient (Wildman–Crippen LogP) is 2.91. The maximum Gasteiger partial charge on any atom is 0.282 e. The summed E-state index contributed by atoms with van der Waals surface area (Å²) in [5.74, 6) is -0.523. The average molecular weight is 306 g/mol. The van der Waals surface area contributed by atoms with Gasteiger partial charge < -0.3 is 5.32 Å². The number of nitrogens with zero attached hydrogens (tertiary/aromatic N) is 2. The molecule has 2 N–H and O–H groups in total. The molecule has 1 amide bonds. The third kappa shape index (κ3) is 3.05. The standard InChI is InChI=1S/C13H14N4O3S/c1-7-12(8(2)16-15-7)14-13(18)10-6-9(21-3)4-5-11(10)17(19)20/h4-6H,1-3H3,(H,14,18)(H,15,16). The van der Waals surface area contributed by atoms with Gasteiger partial charge >= 0.3 is 0 Å². The third-order valence-corrected chi connectivity index (χ3v) is 3.74. The number of amides is 1. The van der Waals surface area contributed by atoms with Crippen LogP contribution in [0.4, 0.5) is 11.4 Å². The van der Waals surface area contributed by atoms with E-state index in [0.29, 0.717) is 17.1 Å². The number of carbonyl (C=O) groups excluding carboxylic acids is 1. The molecular weight excluding hydrogens is 292 g/mol. The fourth-order valence-corrected chi connectivity index (χ4v) is 2.34. The number of thioether (sulfide) groups is 1. The molecule has 8 heteroatoms. The van der Waals surface area contributed by atoms with E-state index in [1.165, 1.54) is 23.9 Å². The van der Waals surface area contributed by atoms with Crippen molar-refractivity contribution in [1.82, 2.24) is 10.2 Å². The molecule has 0 atom stereocenters. The molecule has 1 aromatic carbocycles. The number of hydrogen-bond donors (Lipinski definition) is 2. The number of aromatic amines is 1. The van der Waals surface area contributed by atoms with Gasteiger partial charge in [-0.05, 0) is 32.2 Å². The van der Waals surface area contributed by atoms with Crippen LogP contribution in [0.5, 0.6) is 0 Å². The van der Waals surface area contributed by atoms with Crippen LogP contribution in [0.25, 0.3) is 0 Å². The first-order valence-corrected chi connectivity index (χ1v) is 7.32. The highest BCUT2D eigenvalue weighted by Crippen LogP contribution is 2.26. The molecule has 7 nitrogen and oxygen atoms in total. The number of nitro benzene ring substituents is 1. The minimum Gasteiger partial charge on any atom is -0.319 e. The van der Waals surface area contributed by atoms with E-state index in [-0.39, 0.29) is 11.3 Å². The molecule has 0 aliphatic rings. The van der Waals surface area contributed by atoms with Crippen LogP contribution in [0.1, 0.15) is 21.7 Å². The zero-order chi connectivity index (χ0) is 15.6. The summed E-state index contributed by atoms with van der Waals surface area (Å²) < 4.78 is 0. The van der Waals surface area contributed by atoms with Gasteiger partial charge in [0, 0.05) is 11.0 Å². The molecule has 0 aliphatic heterocycles. The number of aryl methyl sites for hydroxylation is 2. The van der Waals surface area contributed by atoms with E-state index in [1.807, 2.05) is 6.26 Å². The van der Waals surface area contributed by atoms with Gasteiger partial charge in [-0.3, -0.25) is 20.0 Å². The quantitative estimate of drug-likeness (QED) is 0.514. The molecule has 0 saturated heterocycles. The first kappa shape index (κ1) is 15.0. The minimum atomic E-state index is -0.561. The Labute approximate surface area is 125 Å². The third-order valence-electron chi connectivity index (χ3n) is 3.01. The Hall–Kier alpha value is -2.35. The second-order valence-electron chi connectivity index (χ2n) is 4.40. The highest BCUT2D eigenvalue weighted by molar-refractivity contribution is 7.98. The number of anilines is 1. The van der Waals surface area contributed by atoms with Gasteiger partial charge in [-0.2, -0.15) is 5.10 Å². The van der Waals surface area contributed by atoms with E-state index in [1.54, 1.807) is 19.9 Å². The average Bonchev–Trinajstić information content (AvgIpc) is 2.78. The number of aromatic nitrogens is 2. The van der Waals surface area contributed by atoms with E-state index >= 15 is 0 Å². The van der Waals surface area contributed by atoms with E-state index in [9.17, 15) is 14.9 Å². The fraction of sp³-hybridized carbons (Fsp3) is 0.231. The lowest BCUT2D eigenvalue weighted by atomic mass is 10.1. The van der Waals surface area contributed by atoms with Crippen molar-refractivity contribution in [2.75, 3.05) is 11.6 Å². The molecular formula is C13H14N4O3S. The second kappa shape index (κ2) is 5.96. The van der Waals surface area contributed by atoms with Crippen LogP contribution >= 0.6 is 11.8 Å². The molecule has 2 rings (SSSR count). The van der Waals surface area contributed by atoms with Gasteiger partial charge in [0.1, 0.15) is 5.56 Å². The van der Waals surface area contributed by atoms with Gasteiger partial charge in [-0.1, -0.05) is 0 Å². The van der Waals surface area contributed by atoms with Crippen LogP contribution < -0.4 is 5.32 Å². The Morgan fingerprint density at radius 2 is 2.14 bits per heavy atom. The molecule has 1 aromatic heterocycles. The minimum absolute atomic E-state index is 0.0341. The summed E-state index contributed by atoms with van der Waals surface area (Å²) in [5.41, 5.74) is 1.69. The van der Waals surface area contributed by atoms with E-state index in [4.69, 9.17) is 0 Å². The van der Waals surface area contributed by atoms with E-state index < -0.39 is 10.8 Å². The Morgan fingerprint density at radius 3 is 2.67 bits per heavy atom. The van der Waals surface area contributed by atoms with Crippen LogP contribution in [-0.2, 0) is 0 Å². The van der Waals surface area contributed by atoms with Gasteiger partial charge in [0.2, 0.25) is 0 Å². The SMILES string of the molecule is CSc1ccc([N+](=O)[O-])c(C(=O)Nc2c(C)n[nH]c2C)c1. The Morgan fingerprint density at radius 1 is 1.43 bits per heavy atom. The highest BCUT2D eigenvalue weighted by atomic mass is 32.2. The summed E-state index contributed by atoms with van der Waals surface area (Å²) in [4.78, 5) is 23.6. The molecule has 0 bridgehead atoms. The van der Waals surface area contributed by atoms with Gasteiger partial charge in [-0.15, -0.1) is 11.8 Å². The van der Waals surface area contributed by atoms with Crippen molar-refractivity contribution in [2.45, 2.75) is 18.7 Å². The number of carbonyl (C=O) groups is 1. The lowest BCUT2D eigenvalue weighted by Gasteiger charge is -2.07. The van der Waals surface area contributed by atoms with Crippen molar-refractivity contribution in [3.05, 3.63) is 45.3 Å². The molecule has 0 fully saturated rings. The Kier molecular flexibility index (Phi) is 4.27. The number of nitro groups is 1. The van der Waals surface area contributed by atoms with Gasteiger partial charge in [0.05, 0.1) is 22.0 Å². The molecule has 0 unspecified atom stereocenters. The molecule has 2 aromatic rings. The van der Waals surface area contributed by atoms with Crippen molar-refractivity contribution < 1.29 is 9.72 Å². The second-order valence-corrected chi connectivity index (χ2v) is 5.28. The number of hydrogen-bond acceptors (Lipinski definition) is 5. The van der Waals surface area contributed by atoms with E-state index in [0.717, 1.165) is 4.90 Å². The first-order chi connectivity index (χ1) is 9.93. The number of nitrogens with one attached hydrogen (secondary N) is 2. The van der Waals surface area contributed by atoms with Crippen molar-refractivity contribution in [1.29, 1.82) is 0 Å². The largest absolute Gasteiger partial charge is 0.319 e. The van der Waals surface area contributed by atoms with Crippen LogP contribution in [0.2, 0.25) is 0 Å². The normalized spacial score (nSPS) is 10.4. The number of benzene rings is 1. The van der Waals surface area contributed by atoms with Crippen molar-refractivity contribution in [3.63, 3.8) is 0 Å². The van der Waals surface area contributed by atoms with Crippen LogP contribution in [0.15, 0.2) is 23.1 Å². The first-order valence-electron chi connectivity index (χ1n) is 6.09. The summed E-state index contributed by atoms with van der Waals surface area (Å²) in [6, 6.07) is 4.48. The molecule has 21 heavy (non-hydrogen) atoms. The smallest absolute Gasteiger partial charge is 0.282 e. The zero-order valence-corrected chi connectivity index (χ0v) is 12.6. The molecule has 0 radical (unpaired) electrons. The Bertz CT molecular complexity index is 692. The zero-order valence-electron chi connectivity index (χ0n) is 11.8. The highest BCUT2D eigenvalue weighted by Gasteiger charge is 2.22. The summed E-state index contributed by atoms with van der Waals surface area (Å²) in [6.07, 6.45) is 1.84. The van der Waals surface area contributed by atoms with Crippen molar-refractivity contribution >= 4 is 29.0 Å². The predicted molar refractivity (Wildman–Crippen MR) is 80.9 cm³/mol. The van der Waals surface area contributed by atoms with Crippen LogP contribution in [0.3, 0.4) is 0 Å². The molecule has 0 saturated carbocycles. The summed E-state index contributed by atoms with van der Waals surface area (Å²) in [5, 5.41) is 20.5. The fourth-order valence-electron chi connectivity index (χ4n) is 1.90. The van der Waals surface area contributed by atoms with Gasteiger partial charge in [-0.25, -0.2) is 0 Å². The summed E-state index contributed by atoms with van der Waals surface area (Å²) in [6.45, 7) is 3.51. The van der Waals surface area contributed by atoms with Crippen LogP contribution in [-0.4, -0.2) is 27.3 Å². The van der Waals surface area contributed by atoms with Gasteiger partial charge in [0.25, 0.3) is 11.6 Å². The lowest BCUT2D eigenvalue weighted by molar-refractivity contribution is -0.385. The number of rotatable bonds is 4. The topological polar surface area (TPSA) is 101 Å². The number of H-pyrrole nitrogens is 1. The molecule has 0 spiro atoms. The van der Waals surface area contributed by atoms with Crippen molar-refractivity contribution in [2.24, 2.45) is 0 Å². The molecule has 0 aliphatic carbocycles. The monoisotopic (exact) mass is 306 g/mol. The van der Waals surface area contributed by atoms with Crippen LogP contribution in [0, 0.1) is 24.0 Å². The lowest BCUT2D eigenvalue weighted by Crippen LogP contribution is -2.15. The molecule has 110 valence electrons. The van der Waals surface area contributed by atoms with E-state index in [2.05, 4.69) is 15.5 Å². The summed E-state index contributed by atoms with van der Waals surface area (Å²) in [7, 11) is 0. The maximum atomic E-state index is 12.3. The maximum absolute atomic E-state index is 12.3.